The fourth-order valence-electron chi connectivity index (χ4n) is 1.68. The zero-order valence-corrected chi connectivity index (χ0v) is 12.2. The highest BCUT2D eigenvalue weighted by Gasteiger charge is 2.12. The van der Waals surface area contributed by atoms with Gasteiger partial charge >= 0.3 is 11.9 Å². The molecule has 0 aliphatic rings. The molecule has 0 heterocycles. The molecule has 0 N–H and O–H groups in total. The van der Waals surface area contributed by atoms with E-state index in [-0.39, 0.29) is 18.4 Å². The first kappa shape index (κ1) is 16.2. The van der Waals surface area contributed by atoms with E-state index in [0.717, 1.165) is 25.7 Å². The Balaban J connectivity index is 2.53. The van der Waals surface area contributed by atoms with E-state index in [2.05, 4.69) is 6.92 Å². The molecule has 0 atom stereocenters. The van der Waals surface area contributed by atoms with Crippen LogP contribution in [0.1, 0.15) is 52.4 Å². The zero-order valence-electron chi connectivity index (χ0n) is 12.2. The maximum atomic E-state index is 11.7. The fraction of sp³-hybridized carbons (Fsp3) is 0.500. The molecule has 0 saturated carbocycles. The van der Waals surface area contributed by atoms with Gasteiger partial charge in [-0.05, 0) is 18.6 Å². The summed E-state index contributed by atoms with van der Waals surface area (Å²) < 4.78 is 10.4. The molecule has 1 rings (SSSR count). The molecule has 0 radical (unpaired) electrons. The van der Waals surface area contributed by atoms with Crippen molar-refractivity contribution in [1.82, 2.24) is 0 Å². The molecular weight excluding hydrogens is 256 g/mol. The number of ether oxygens (including phenoxy) is 2. The van der Waals surface area contributed by atoms with E-state index in [1.165, 1.54) is 0 Å². The molecular formula is C16H22O4. The van der Waals surface area contributed by atoms with Crippen LogP contribution < -0.4 is 9.47 Å². The average Bonchev–Trinajstić information content (AvgIpc) is 2.45. The van der Waals surface area contributed by atoms with Crippen molar-refractivity contribution in [3.63, 3.8) is 0 Å². The smallest absolute Gasteiger partial charge is 0.311 e. The zero-order chi connectivity index (χ0) is 14.8. The van der Waals surface area contributed by atoms with Crippen molar-refractivity contribution in [3.8, 4) is 11.5 Å². The van der Waals surface area contributed by atoms with Crippen LogP contribution in [0.5, 0.6) is 11.5 Å². The number of esters is 2. The summed E-state index contributed by atoms with van der Waals surface area (Å²) in [4.78, 5) is 23.0. The highest BCUT2D eigenvalue weighted by Crippen LogP contribution is 2.27. The van der Waals surface area contributed by atoms with Crippen LogP contribution in [0.3, 0.4) is 0 Å². The Morgan fingerprint density at radius 2 is 1.50 bits per heavy atom. The third kappa shape index (κ3) is 5.87. The quantitative estimate of drug-likeness (QED) is 0.411. The molecule has 0 unspecified atom stereocenters. The van der Waals surface area contributed by atoms with Crippen LogP contribution in [0, 0.1) is 0 Å². The van der Waals surface area contributed by atoms with Crippen molar-refractivity contribution in [2.24, 2.45) is 0 Å². The van der Waals surface area contributed by atoms with Crippen molar-refractivity contribution in [1.29, 1.82) is 0 Å². The maximum absolute atomic E-state index is 11.7. The normalized spacial score (nSPS) is 10.1. The summed E-state index contributed by atoms with van der Waals surface area (Å²) >= 11 is 0. The average molecular weight is 278 g/mol. The van der Waals surface area contributed by atoms with Crippen LogP contribution in [-0.4, -0.2) is 11.9 Å². The lowest BCUT2D eigenvalue weighted by atomic mass is 10.1. The maximum Gasteiger partial charge on any atom is 0.311 e. The molecule has 0 amide bonds. The second-order valence-corrected chi connectivity index (χ2v) is 4.56. The van der Waals surface area contributed by atoms with E-state index in [4.69, 9.17) is 9.47 Å². The predicted molar refractivity (Wildman–Crippen MR) is 76.8 cm³/mol. The van der Waals surface area contributed by atoms with Crippen LogP contribution in [-0.2, 0) is 9.59 Å². The predicted octanol–water partition coefficient (Wildman–Crippen LogP) is 3.88. The Morgan fingerprint density at radius 3 is 2.05 bits per heavy atom. The summed E-state index contributed by atoms with van der Waals surface area (Å²) in [6, 6.07) is 6.72. The summed E-state index contributed by atoms with van der Waals surface area (Å²) in [6.07, 6.45) is 4.76. The summed E-state index contributed by atoms with van der Waals surface area (Å²) in [7, 11) is 0. The lowest BCUT2D eigenvalue weighted by Crippen LogP contribution is -2.11. The van der Waals surface area contributed by atoms with Gasteiger partial charge in [-0.25, -0.2) is 0 Å². The molecule has 0 spiro atoms. The van der Waals surface area contributed by atoms with Gasteiger partial charge in [-0.3, -0.25) is 9.59 Å². The van der Waals surface area contributed by atoms with Crippen molar-refractivity contribution < 1.29 is 19.1 Å². The first-order chi connectivity index (χ1) is 9.67. The van der Waals surface area contributed by atoms with Crippen LogP contribution in [0.4, 0.5) is 0 Å². The standard InChI is InChI=1S/C16H22O4/c1-3-5-6-7-12-16(18)20-14-11-9-8-10-13(14)19-15(17)4-2/h8-11H,3-7,12H2,1-2H3. The van der Waals surface area contributed by atoms with Crippen molar-refractivity contribution in [3.05, 3.63) is 24.3 Å². The van der Waals surface area contributed by atoms with Gasteiger partial charge in [0.2, 0.25) is 0 Å². The topological polar surface area (TPSA) is 52.6 Å². The van der Waals surface area contributed by atoms with Gasteiger partial charge in [-0.1, -0.05) is 45.2 Å². The molecule has 1 aromatic carbocycles. The Hall–Kier alpha value is -1.84. The third-order valence-corrected chi connectivity index (χ3v) is 2.82. The van der Waals surface area contributed by atoms with E-state index < -0.39 is 0 Å². The minimum atomic E-state index is -0.351. The van der Waals surface area contributed by atoms with Gasteiger partial charge < -0.3 is 9.47 Å². The molecule has 4 nitrogen and oxygen atoms in total. The minimum Gasteiger partial charge on any atom is -0.423 e. The largest absolute Gasteiger partial charge is 0.423 e. The van der Waals surface area contributed by atoms with Gasteiger partial charge in [0.05, 0.1) is 0 Å². The number of unbranched alkanes of at least 4 members (excludes halogenated alkanes) is 3. The third-order valence-electron chi connectivity index (χ3n) is 2.82. The molecule has 1 aromatic rings. The molecule has 0 fully saturated rings. The molecule has 110 valence electrons. The van der Waals surface area contributed by atoms with E-state index in [1.807, 2.05) is 0 Å². The van der Waals surface area contributed by atoms with Gasteiger partial charge in [0.25, 0.3) is 0 Å². The summed E-state index contributed by atoms with van der Waals surface area (Å²) in [5.74, 6) is -0.0476. The lowest BCUT2D eigenvalue weighted by Gasteiger charge is -2.09. The van der Waals surface area contributed by atoms with Gasteiger partial charge in [-0.2, -0.15) is 0 Å². The first-order valence-corrected chi connectivity index (χ1v) is 7.17. The molecule has 0 aliphatic carbocycles. The number of carbonyl (C=O) groups excluding carboxylic acids is 2. The van der Waals surface area contributed by atoms with Crippen LogP contribution in [0.15, 0.2) is 24.3 Å². The Kier molecular flexibility index (Phi) is 7.40. The molecule has 4 heteroatoms. The van der Waals surface area contributed by atoms with Gasteiger partial charge in [0.1, 0.15) is 0 Å². The fourth-order valence-corrected chi connectivity index (χ4v) is 1.68. The molecule has 0 aromatic heterocycles. The Labute approximate surface area is 120 Å². The number of benzene rings is 1. The van der Waals surface area contributed by atoms with Gasteiger partial charge in [0.15, 0.2) is 11.5 Å². The van der Waals surface area contributed by atoms with Crippen LogP contribution in [0.2, 0.25) is 0 Å². The molecule has 0 aliphatic heterocycles. The van der Waals surface area contributed by atoms with Crippen molar-refractivity contribution >= 4 is 11.9 Å². The van der Waals surface area contributed by atoms with E-state index >= 15 is 0 Å². The second kappa shape index (κ2) is 9.13. The Bertz CT molecular complexity index is 440. The highest BCUT2D eigenvalue weighted by molar-refractivity contribution is 5.75. The first-order valence-electron chi connectivity index (χ1n) is 7.17. The highest BCUT2D eigenvalue weighted by atomic mass is 16.6. The number of hydrogen-bond acceptors (Lipinski definition) is 4. The second-order valence-electron chi connectivity index (χ2n) is 4.56. The number of carbonyl (C=O) groups is 2. The minimum absolute atomic E-state index is 0.277. The van der Waals surface area contributed by atoms with E-state index in [9.17, 15) is 9.59 Å². The van der Waals surface area contributed by atoms with Crippen molar-refractivity contribution in [2.75, 3.05) is 0 Å². The van der Waals surface area contributed by atoms with Crippen LogP contribution in [0.25, 0.3) is 0 Å². The number of para-hydroxylation sites is 2. The summed E-state index contributed by atoms with van der Waals surface area (Å²) in [5, 5.41) is 0. The van der Waals surface area contributed by atoms with Crippen LogP contribution >= 0.6 is 0 Å². The summed E-state index contributed by atoms with van der Waals surface area (Å²) in [5.41, 5.74) is 0. The number of hydrogen-bond donors (Lipinski definition) is 0. The summed E-state index contributed by atoms with van der Waals surface area (Å²) in [6.45, 7) is 3.83. The number of rotatable bonds is 8. The van der Waals surface area contributed by atoms with Gasteiger partial charge in [-0.15, -0.1) is 0 Å². The SMILES string of the molecule is CCCCCCC(=O)Oc1ccccc1OC(=O)CC. The molecule has 0 saturated heterocycles. The van der Waals surface area contributed by atoms with Gasteiger partial charge in [0, 0.05) is 12.8 Å². The van der Waals surface area contributed by atoms with E-state index in [0.29, 0.717) is 17.9 Å². The molecule has 20 heavy (non-hydrogen) atoms. The van der Waals surface area contributed by atoms with E-state index in [1.54, 1.807) is 31.2 Å². The van der Waals surface area contributed by atoms with Crippen molar-refractivity contribution in [2.45, 2.75) is 52.4 Å². The lowest BCUT2D eigenvalue weighted by molar-refractivity contribution is -0.137. The monoisotopic (exact) mass is 278 g/mol. The molecule has 0 bridgehead atoms. The Morgan fingerprint density at radius 1 is 0.900 bits per heavy atom.